The predicted molar refractivity (Wildman–Crippen MR) is 83.9 cm³/mol. The summed E-state index contributed by atoms with van der Waals surface area (Å²) in [5, 5.41) is 3.54. The van der Waals surface area contributed by atoms with Crippen molar-refractivity contribution in [2.24, 2.45) is 0 Å². The first kappa shape index (κ1) is 14.4. The molecule has 0 saturated carbocycles. The molecule has 2 unspecified atom stereocenters. The molecule has 19 heavy (non-hydrogen) atoms. The third-order valence-electron chi connectivity index (χ3n) is 2.98. The molecule has 0 spiro atoms. The van der Waals surface area contributed by atoms with Gasteiger partial charge < -0.3 is 5.32 Å². The summed E-state index contributed by atoms with van der Waals surface area (Å²) >= 11 is 3.39. The molecule has 1 N–H and O–H groups in total. The lowest BCUT2D eigenvalue weighted by Gasteiger charge is -2.11. The first-order valence-corrected chi connectivity index (χ1v) is 8.45. The Bertz CT molecular complexity index is 605. The van der Waals surface area contributed by atoms with Gasteiger partial charge in [-0.1, -0.05) is 6.92 Å². The van der Waals surface area contributed by atoms with Crippen LogP contribution in [0.1, 0.15) is 13.3 Å². The first-order valence-electron chi connectivity index (χ1n) is 6.04. The molecule has 2 aromatic heterocycles. The number of nitrogens with one attached hydrogen (secondary N) is 1. The largest absolute Gasteiger partial charge is 0.383 e. The van der Waals surface area contributed by atoms with Gasteiger partial charge in [0, 0.05) is 45.7 Å². The fourth-order valence-corrected chi connectivity index (χ4v) is 2.49. The van der Waals surface area contributed by atoms with E-state index in [0.717, 1.165) is 34.2 Å². The Hall–Kier alpha value is -1.01. The Morgan fingerprint density at radius 1 is 1.47 bits per heavy atom. The van der Waals surface area contributed by atoms with E-state index in [4.69, 9.17) is 0 Å². The summed E-state index contributed by atoms with van der Waals surface area (Å²) in [6, 6.07) is 3.86. The number of halogens is 1. The van der Waals surface area contributed by atoms with Crippen LogP contribution in [0.4, 0.5) is 5.69 Å². The van der Waals surface area contributed by atoms with Gasteiger partial charge in [0.25, 0.3) is 0 Å². The maximum atomic E-state index is 11.3. The average molecular weight is 342 g/mol. The molecule has 2 heterocycles. The zero-order chi connectivity index (χ0) is 13.8. The fourth-order valence-electron chi connectivity index (χ4n) is 1.72. The van der Waals surface area contributed by atoms with Gasteiger partial charge >= 0.3 is 0 Å². The van der Waals surface area contributed by atoms with Crippen molar-refractivity contribution in [1.82, 2.24) is 9.97 Å². The molecule has 0 aliphatic carbocycles. The second kappa shape index (κ2) is 6.43. The van der Waals surface area contributed by atoms with Crippen LogP contribution in [0.2, 0.25) is 0 Å². The number of fused-ring (bicyclic) bond motifs is 1. The van der Waals surface area contributed by atoms with Crippen LogP contribution in [0.15, 0.2) is 29.0 Å². The van der Waals surface area contributed by atoms with E-state index in [1.165, 1.54) is 0 Å². The van der Waals surface area contributed by atoms with Crippen molar-refractivity contribution < 1.29 is 4.21 Å². The smallest absolute Gasteiger partial charge is 0.112 e. The van der Waals surface area contributed by atoms with E-state index in [0.29, 0.717) is 0 Å². The maximum absolute atomic E-state index is 11.3. The molecule has 2 aromatic rings. The monoisotopic (exact) mass is 341 g/mol. The van der Waals surface area contributed by atoms with Crippen LogP contribution in [0.5, 0.6) is 0 Å². The SMILES string of the molecule is CC(CCNc1ccnc2cc(Br)cnc12)S(C)=O. The highest BCUT2D eigenvalue weighted by Crippen LogP contribution is 2.22. The Labute approximate surface area is 123 Å². The van der Waals surface area contributed by atoms with E-state index >= 15 is 0 Å². The van der Waals surface area contributed by atoms with Gasteiger partial charge in [0.05, 0.1) is 11.2 Å². The summed E-state index contributed by atoms with van der Waals surface area (Å²) in [5.41, 5.74) is 2.68. The number of rotatable bonds is 5. The average Bonchev–Trinajstić information content (AvgIpc) is 2.38. The van der Waals surface area contributed by atoms with Gasteiger partial charge in [0.1, 0.15) is 5.52 Å². The van der Waals surface area contributed by atoms with E-state index in [2.05, 4.69) is 31.2 Å². The lowest BCUT2D eigenvalue weighted by atomic mass is 10.2. The number of aromatic nitrogens is 2. The predicted octanol–water partition coefficient (Wildman–Crippen LogP) is 2.96. The summed E-state index contributed by atoms with van der Waals surface area (Å²) in [6.45, 7) is 2.77. The number of anilines is 1. The van der Waals surface area contributed by atoms with Gasteiger partial charge in [-0.25, -0.2) is 0 Å². The zero-order valence-electron chi connectivity index (χ0n) is 10.9. The molecule has 0 aromatic carbocycles. The number of pyridine rings is 2. The molecule has 102 valence electrons. The van der Waals surface area contributed by atoms with Crippen LogP contribution in [-0.2, 0) is 10.8 Å². The Balaban J connectivity index is 2.11. The molecule has 0 radical (unpaired) electrons. The van der Waals surface area contributed by atoms with Crippen molar-refractivity contribution in [3.05, 3.63) is 29.0 Å². The van der Waals surface area contributed by atoms with Crippen molar-refractivity contribution >= 4 is 43.5 Å². The van der Waals surface area contributed by atoms with Gasteiger partial charge in [-0.2, -0.15) is 0 Å². The Kier molecular flexibility index (Phi) is 4.87. The second-order valence-corrected chi connectivity index (χ2v) is 7.12. The molecule has 2 atom stereocenters. The van der Waals surface area contributed by atoms with Gasteiger partial charge in [-0.05, 0) is 34.5 Å². The van der Waals surface area contributed by atoms with Crippen LogP contribution in [0.3, 0.4) is 0 Å². The molecule has 6 heteroatoms. The normalized spacial score (nSPS) is 14.3. The van der Waals surface area contributed by atoms with E-state index in [-0.39, 0.29) is 5.25 Å². The Morgan fingerprint density at radius 3 is 3.00 bits per heavy atom. The topological polar surface area (TPSA) is 54.9 Å². The summed E-state index contributed by atoms with van der Waals surface area (Å²) < 4.78 is 12.2. The number of hydrogen-bond donors (Lipinski definition) is 1. The third-order valence-corrected chi connectivity index (χ3v) is 4.78. The number of hydrogen-bond acceptors (Lipinski definition) is 4. The molecule has 0 aliphatic heterocycles. The third kappa shape index (κ3) is 3.73. The van der Waals surface area contributed by atoms with E-state index in [9.17, 15) is 4.21 Å². The maximum Gasteiger partial charge on any atom is 0.112 e. The van der Waals surface area contributed by atoms with Crippen LogP contribution in [0, 0.1) is 0 Å². The minimum atomic E-state index is -0.773. The van der Waals surface area contributed by atoms with Crippen LogP contribution in [-0.4, -0.2) is 32.2 Å². The molecular weight excluding hydrogens is 326 g/mol. The van der Waals surface area contributed by atoms with Gasteiger partial charge in [-0.3, -0.25) is 14.2 Å². The lowest BCUT2D eigenvalue weighted by Crippen LogP contribution is -2.15. The first-order chi connectivity index (χ1) is 9.08. The van der Waals surface area contributed by atoms with Crippen molar-refractivity contribution in [2.75, 3.05) is 18.1 Å². The molecule has 0 aliphatic rings. The minimum absolute atomic E-state index is 0.197. The molecule has 2 rings (SSSR count). The summed E-state index contributed by atoms with van der Waals surface area (Å²) in [6.07, 6.45) is 6.13. The van der Waals surface area contributed by atoms with Crippen molar-refractivity contribution in [3.8, 4) is 0 Å². The number of nitrogens with zero attached hydrogens (tertiary/aromatic N) is 2. The molecule has 0 fully saturated rings. The zero-order valence-corrected chi connectivity index (χ0v) is 13.3. The van der Waals surface area contributed by atoms with Gasteiger partial charge in [0.2, 0.25) is 0 Å². The highest BCUT2D eigenvalue weighted by Gasteiger charge is 2.07. The molecule has 0 amide bonds. The minimum Gasteiger partial charge on any atom is -0.383 e. The molecule has 4 nitrogen and oxygen atoms in total. The molecule has 0 saturated heterocycles. The lowest BCUT2D eigenvalue weighted by molar-refractivity contribution is 0.672. The van der Waals surface area contributed by atoms with E-state index in [1.807, 2.05) is 19.1 Å². The summed E-state index contributed by atoms with van der Waals surface area (Å²) in [4.78, 5) is 8.67. The van der Waals surface area contributed by atoms with Gasteiger partial charge in [-0.15, -0.1) is 0 Å². The van der Waals surface area contributed by atoms with E-state index in [1.54, 1.807) is 18.6 Å². The standard InChI is InChI=1S/C13H16BrN3OS/c1-9(19(2)18)3-5-15-11-4-6-16-12-7-10(14)8-17-13(11)12/h4,6-9H,3,5H2,1-2H3,(H,15,16). The van der Waals surface area contributed by atoms with Crippen LogP contribution >= 0.6 is 15.9 Å². The Morgan fingerprint density at radius 2 is 2.26 bits per heavy atom. The summed E-state index contributed by atoms with van der Waals surface area (Å²) in [7, 11) is -0.773. The fraction of sp³-hybridized carbons (Fsp3) is 0.385. The highest BCUT2D eigenvalue weighted by molar-refractivity contribution is 9.10. The van der Waals surface area contributed by atoms with Crippen molar-refractivity contribution in [1.29, 1.82) is 0 Å². The van der Waals surface area contributed by atoms with Crippen LogP contribution in [0.25, 0.3) is 11.0 Å². The van der Waals surface area contributed by atoms with Crippen molar-refractivity contribution in [2.45, 2.75) is 18.6 Å². The molecular formula is C13H16BrN3OS. The highest BCUT2D eigenvalue weighted by atomic mass is 79.9. The van der Waals surface area contributed by atoms with E-state index < -0.39 is 10.8 Å². The second-order valence-electron chi connectivity index (χ2n) is 4.40. The quantitative estimate of drug-likeness (QED) is 0.908. The molecule has 0 bridgehead atoms. The van der Waals surface area contributed by atoms with Crippen LogP contribution < -0.4 is 5.32 Å². The van der Waals surface area contributed by atoms with Gasteiger partial charge in [0.15, 0.2) is 0 Å². The van der Waals surface area contributed by atoms with Crippen molar-refractivity contribution in [3.63, 3.8) is 0 Å². The summed E-state index contributed by atoms with van der Waals surface area (Å²) in [5.74, 6) is 0.